The molecule has 0 radical (unpaired) electrons. The molecule has 0 unspecified atom stereocenters. The number of carbonyl (C=O) groups excluding carboxylic acids is 2. The van der Waals surface area contributed by atoms with E-state index in [-0.39, 0.29) is 35.8 Å². The Morgan fingerprint density at radius 2 is 1.81 bits per heavy atom. The maximum atomic E-state index is 13.2. The Labute approximate surface area is 184 Å². The van der Waals surface area contributed by atoms with Crippen LogP contribution in [-0.2, 0) is 16.1 Å². The summed E-state index contributed by atoms with van der Waals surface area (Å²) in [5, 5.41) is 3.12. The molecule has 3 fully saturated rings. The van der Waals surface area contributed by atoms with E-state index in [4.69, 9.17) is 0 Å². The van der Waals surface area contributed by atoms with Crippen LogP contribution in [0.3, 0.4) is 0 Å². The Bertz CT molecular complexity index is 781. The SMILES string of the molecule is CN1CCN(C(=O)CC[C@@H]2CNC(=O)[C@H]3[C@@H](CCN3Cc3ccc(F)cc3)N2C)CC1. The summed E-state index contributed by atoms with van der Waals surface area (Å²) in [7, 11) is 4.17. The average molecular weight is 432 g/mol. The smallest absolute Gasteiger partial charge is 0.239 e. The maximum absolute atomic E-state index is 13.2. The van der Waals surface area contributed by atoms with E-state index in [2.05, 4.69) is 34.1 Å². The number of nitrogens with zero attached hydrogens (tertiary/aromatic N) is 4. The van der Waals surface area contributed by atoms with Crippen molar-refractivity contribution in [3.63, 3.8) is 0 Å². The zero-order valence-corrected chi connectivity index (χ0v) is 18.6. The van der Waals surface area contributed by atoms with E-state index in [1.54, 1.807) is 12.1 Å². The number of nitrogens with one attached hydrogen (secondary N) is 1. The van der Waals surface area contributed by atoms with E-state index in [1.807, 2.05) is 4.90 Å². The third kappa shape index (κ3) is 5.07. The van der Waals surface area contributed by atoms with Gasteiger partial charge in [-0.2, -0.15) is 0 Å². The van der Waals surface area contributed by atoms with Crippen LogP contribution in [0.15, 0.2) is 24.3 Å². The minimum Gasteiger partial charge on any atom is -0.353 e. The van der Waals surface area contributed by atoms with Crippen LogP contribution < -0.4 is 5.32 Å². The molecule has 1 N–H and O–H groups in total. The highest BCUT2D eigenvalue weighted by Crippen LogP contribution is 2.28. The van der Waals surface area contributed by atoms with Gasteiger partial charge in [-0.3, -0.25) is 19.4 Å². The van der Waals surface area contributed by atoms with Crippen molar-refractivity contribution >= 4 is 11.8 Å². The summed E-state index contributed by atoms with van der Waals surface area (Å²) in [5.74, 6) is 0.0336. The number of likely N-dealkylation sites (N-methyl/N-ethyl adjacent to an activating group) is 2. The molecule has 8 heteroatoms. The predicted octanol–water partition coefficient (Wildman–Crippen LogP) is 0.753. The highest BCUT2D eigenvalue weighted by molar-refractivity contribution is 5.83. The fraction of sp³-hybridized carbons (Fsp3) is 0.652. The van der Waals surface area contributed by atoms with E-state index < -0.39 is 0 Å². The lowest BCUT2D eigenvalue weighted by Crippen LogP contribution is -2.50. The largest absolute Gasteiger partial charge is 0.353 e. The van der Waals surface area contributed by atoms with Crippen molar-refractivity contribution in [2.45, 2.75) is 43.9 Å². The third-order valence-electron chi connectivity index (χ3n) is 7.20. The van der Waals surface area contributed by atoms with Gasteiger partial charge >= 0.3 is 0 Å². The predicted molar refractivity (Wildman–Crippen MR) is 117 cm³/mol. The van der Waals surface area contributed by atoms with Crippen LogP contribution in [0.1, 0.15) is 24.8 Å². The van der Waals surface area contributed by atoms with E-state index in [1.165, 1.54) is 12.1 Å². The highest BCUT2D eigenvalue weighted by atomic mass is 19.1. The van der Waals surface area contributed by atoms with Crippen molar-refractivity contribution in [1.82, 2.24) is 24.9 Å². The van der Waals surface area contributed by atoms with Crippen LogP contribution in [-0.4, -0.2) is 103 Å². The Hall–Kier alpha value is -2.03. The molecule has 3 atom stereocenters. The zero-order chi connectivity index (χ0) is 22.0. The van der Waals surface area contributed by atoms with Crippen molar-refractivity contribution in [1.29, 1.82) is 0 Å². The standard InChI is InChI=1S/C23H34FN5O2/c1-26-11-13-28(14-12-26)21(30)8-7-19-15-25-23(31)22-20(27(19)2)9-10-29(22)16-17-3-5-18(24)6-4-17/h3-6,19-20,22H,7-16H2,1-2H3,(H,25,31)/t19-,20-,22-/m1/s1. The Morgan fingerprint density at radius 3 is 2.52 bits per heavy atom. The van der Waals surface area contributed by atoms with E-state index >= 15 is 0 Å². The lowest BCUT2D eigenvalue weighted by Gasteiger charge is -2.35. The van der Waals surface area contributed by atoms with Crippen molar-refractivity contribution in [3.05, 3.63) is 35.6 Å². The molecule has 170 valence electrons. The number of carbonyl (C=O) groups is 2. The number of halogens is 1. The van der Waals surface area contributed by atoms with E-state index in [0.29, 0.717) is 19.5 Å². The van der Waals surface area contributed by atoms with Gasteiger partial charge in [-0.05, 0) is 44.6 Å². The molecule has 4 rings (SSSR count). The topological polar surface area (TPSA) is 59.1 Å². The molecule has 1 aromatic rings. The fourth-order valence-corrected chi connectivity index (χ4v) is 5.15. The summed E-state index contributed by atoms with van der Waals surface area (Å²) in [6, 6.07) is 6.58. The van der Waals surface area contributed by atoms with Crippen molar-refractivity contribution < 1.29 is 14.0 Å². The molecule has 3 saturated heterocycles. The van der Waals surface area contributed by atoms with E-state index in [9.17, 15) is 14.0 Å². The van der Waals surface area contributed by atoms with Gasteiger partial charge in [-0.25, -0.2) is 4.39 Å². The third-order valence-corrected chi connectivity index (χ3v) is 7.20. The van der Waals surface area contributed by atoms with Crippen molar-refractivity contribution in [3.8, 4) is 0 Å². The molecule has 2 amide bonds. The number of benzene rings is 1. The molecular weight excluding hydrogens is 397 g/mol. The number of fused-ring (bicyclic) bond motifs is 1. The second-order valence-corrected chi connectivity index (χ2v) is 9.18. The van der Waals surface area contributed by atoms with Gasteiger partial charge in [0.15, 0.2) is 0 Å². The summed E-state index contributed by atoms with van der Waals surface area (Å²) >= 11 is 0. The first kappa shape index (κ1) is 22.2. The second-order valence-electron chi connectivity index (χ2n) is 9.18. The summed E-state index contributed by atoms with van der Waals surface area (Å²) < 4.78 is 13.2. The van der Waals surface area contributed by atoms with Crippen LogP contribution in [0.5, 0.6) is 0 Å². The van der Waals surface area contributed by atoms with Crippen molar-refractivity contribution in [2.24, 2.45) is 0 Å². The molecular formula is C23H34FN5O2. The summed E-state index contributed by atoms with van der Waals surface area (Å²) in [5.41, 5.74) is 1.01. The van der Waals surface area contributed by atoms with Gasteiger partial charge in [-0.15, -0.1) is 0 Å². The molecule has 0 spiro atoms. The van der Waals surface area contributed by atoms with Gasteiger partial charge in [0.05, 0.1) is 0 Å². The number of hydrogen-bond donors (Lipinski definition) is 1. The normalized spacial score (nSPS) is 28.3. The summed E-state index contributed by atoms with van der Waals surface area (Å²) in [4.78, 5) is 34.3. The maximum Gasteiger partial charge on any atom is 0.239 e. The molecule has 7 nitrogen and oxygen atoms in total. The number of hydrogen-bond acceptors (Lipinski definition) is 5. The molecule has 3 aliphatic rings. The van der Waals surface area contributed by atoms with Gasteiger partial charge in [0.25, 0.3) is 0 Å². The zero-order valence-electron chi connectivity index (χ0n) is 18.6. The number of rotatable bonds is 5. The minimum atomic E-state index is -0.246. The molecule has 0 aliphatic carbocycles. The van der Waals surface area contributed by atoms with Gasteiger partial charge < -0.3 is 15.1 Å². The Balaban J connectivity index is 1.35. The first-order valence-electron chi connectivity index (χ1n) is 11.4. The van der Waals surface area contributed by atoms with Crippen LogP contribution in [0.4, 0.5) is 4.39 Å². The van der Waals surface area contributed by atoms with E-state index in [0.717, 1.165) is 51.1 Å². The molecule has 0 saturated carbocycles. The van der Waals surface area contributed by atoms with Crippen LogP contribution in [0.25, 0.3) is 0 Å². The number of amides is 2. The van der Waals surface area contributed by atoms with Crippen LogP contribution in [0.2, 0.25) is 0 Å². The van der Waals surface area contributed by atoms with Crippen LogP contribution >= 0.6 is 0 Å². The molecule has 0 aromatic heterocycles. The molecule has 1 aromatic carbocycles. The van der Waals surface area contributed by atoms with Crippen molar-refractivity contribution in [2.75, 3.05) is 53.4 Å². The van der Waals surface area contributed by atoms with Crippen LogP contribution in [0, 0.1) is 5.82 Å². The molecule has 0 bridgehead atoms. The summed E-state index contributed by atoms with van der Waals surface area (Å²) in [6.45, 7) is 5.50. The first-order valence-corrected chi connectivity index (χ1v) is 11.4. The monoisotopic (exact) mass is 431 g/mol. The molecule has 3 aliphatic heterocycles. The summed E-state index contributed by atoms with van der Waals surface area (Å²) in [6.07, 6.45) is 2.19. The fourth-order valence-electron chi connectivity index (χ4n) is 5.15. The lowest BCUT2D eigenvalue weighted by atomic mass is 10.0. The minimum absolute atomic E-state index is 0.0596. The lowest BCUT2D eigenvalue weighted by molar-refractivity contribution is -0.133. The molecule has 3 heterocycles. The Kier molecular flexibility index (Phi) is 6.89. The highest BCUT2D eigenvalue weighted by Gasteiger charge is 2.44. The molecule has 31 heavy (non-hydrogen) atoms. The Morgan fingerprint density at radius 1 is 1.10 bits per heavy atom. The van der Waals surface area contributed by atoms with Gasteiger partial charge in [0, 0.05) is 64.3 Å². The second kappa shape index (κ2) is 9.63. The quantitative estimate of drug-likeness (QED) is 0.746. The van der Waals surface area contributed by atoms with Gasteiger partial charge in [-0.1, -0.05) is 12.1 Å². The van der Waals surface area contributed by atoms with Gasteiger partial charge in [0.1, 0.15) is 11.9 Å². The average Bonchev–Trinajstić information content (AvgIpc) is 3.13. The number of piperazine rings is 1. The van der Waals surface area contributed by atoms with Gasteiger partial charge in [0.2, 0.25) is 11.8 Å². The number of likely N-dealkylation sites (tertiary alicyclic amines) is 1. The first-order chi connectivity index (χ1) is 14.9.